The van der Waals surface area contributed by atoms with Gasteiger partial charge in [0.05, 0.1) is 0 Å². The van der Waals surface area contributed by atoms with Gasteiger partial charge in [0.25, 0.3) is 5.91 Å². The SMILES string of the molecule is CC(C)(Oc1ccc(Cl)cc1)C(=O)NCc1cccnc1OCC(F)(F)F. The summed E-state index contributed by atoms with van der Waals surface area (Å²) in [6.45, 7) is 1.62. The number of rotatable bonds is 7. The van der Waals surface area contributed by atoms with Gasteiger partial charge in [0, 0.05) is 23.3 Å². The van der Waals surface area contributed by atoms with Crippen molar-refractivity contribution in [2.75, 3.05) is 6.61 Å². The van der Waals surface area contributed by atoms with Gasteiger partial charge in [-0.25, -0.2) is 4.98 Å². The van der Waals surface area contributed by atoms with Crippen LogP contribution < -0.4 is 14.8 Å². The Hall–Kier alpha value is -2.48. The maximum Gasteiger partial charge on any atom is 0.422 e. The summed E-state index contributed by atoms with van der Waals surface area (Å²) in [6, 6.07) is 9.57. The highest BCUT2D eigenvalue weighted by atomic mass is 35.5. The lowest BCUT2D eigenvalue weighted by Gasteiger charge is -2.25. The molecule has 1 aromatic carbocycles. The lowest BCUT2D eigenvalue weighted by molar-refractivity contribution is -0.154. The van der Waals surface area contributed by atoms with Gasteiger partial charge in [-0.2, -0.15) is 13.2 Å². The molecule has 1 heterocycles. The van der Waals surface area contributed by atoms with Gasteiger partial charge < -0.3 is 14.8 Å². The highest BCUT2D eigenvalue weighted by molar-refractivity contribution is 6.30. The van der Waals surface area contributed by atoms with E-state index >= 15 is 0 Å². The van der Waals surface area contributed by atoms with Crippen molar-refractivity contribution in [3.8, 4) is 11.6 Å². The van der Waals surface area contributed by atoms with E-state index in [1.807, 2.05) is 0 Å². The van der Waals surface area contributed by atoms with Crippen LogP contribution in [0.25, 0.3) is 0 Å². The maximum absolute atomic E-state index is 12.4. The van der Waals surface area contributed by atoms with E-state index in [2.05, 4.69) is 10.3 Å². The van der Waals surface area contributed by atoms with Crippen molar-refractivity contribution in [2.24, 2.45) is 0 Å². The molecule has 9 heteroatoms. The minimum absolute atomic E-state index is 0.0622. The number of benzene rings is 1. The van der Waals surface area contributed by atoms with Gasteiger partial charge in [-0.3, -0.25) is 4.79 Å². The Bertz CT molecular complexity index is 780. The Kier molecular flexibility index (Phi) is 6.54. The molecule has 0 aliphatic carbocycles. The Balaban J connectivity index is 1.99. The van der Waals surface area contributed by atoms with Crippen LogP contribution in [0, 0.1) is 0 Å². The molecule has 0 atom stereocenters. The van der Waals surface area contributed by atoms with Gasteiger partial charge in [0.2, 0.25) is 5.88 Å². The van der Waals surface area contributed by atoms with E-state index in [9.17, 15) is 18.0 Å². The first-order valence-corrected chi connectivity index (χ1v) is 8.31. The van der Waals surface area contributed by atoms with Crippen molar-refractivity contribution in [3.05, 3.63) is 53.2 Å². The normalized spacial score (nSPS) is 11.8. The number of pyridine rings is 1. The molecule has 0 saturated heterocycles. The lowest BCUT2D eigenvalue weighted by Crippen LogP contribution is -2.46. The molecule has 0 spiro atoms. The third-order valence-corrected chi connectivity index (χ3v) is 3.65. The summed E-state index contributed by atoms with van der Waals surface area (Å²) >= 11 is 5.81. The highest BCUT2D eigenvalue weighted by Gasteiger charge is 2.31. The number of ether oxygens (including phenoxy) is 2. The van der Waals surface area contributed by atoms with Gasteiger partial charge in [-0.15, -0.1) is 0 Å². The number of carbonyl (C=O) groups excluding carboxylic acids is 1. The fourth-order valence-electron chi connectivity index (χ4n) is 2.07. The number of carbonyl (C=O) groups is 1. The summed E-state index contributed by atoms with van der Waals surface area (Å²) in [4.78, 5) is 16.2. The zero-order valence-electron chi connectivity index (χ0n) is 14.6. The molecule has 1 aromatic heterocycles. The Morgan fingerprint density at radius 2 is 1.85 bits per heavy atom. The van der Waals surface area contributed by atoms with Crippen molar-refractivity contribution in [1.82, 2.24) is 10.3 Å². The van der Waals surface area contributed by atoms with Crippen molar-refractivity contribution < 1.29 is 27.4 Å². The molecule has 2 rings (SSSR count). The topological polar surface area (TPSA) is 60.5 Å². The number of halogens is 4. The van der Waals surface area contributed by atoms with E-state index < -0.39 is 24.3 Å². The minimum Gasteiger partial charge on any atom is -0.478 e. The second kappa shape index (κ2) is 8.47. The second-order valence-corrected chi connectivity index (χ2v) is 6.56. The van der Waals surface area contributed by atoms with Crippen LogP contribution in [0.2, 0.25) is 5.02 Å². The van der Waals surface area contributed by atoms with E-state index in [4.69, 9.17) is 21.1 Å². The van der Waals surface area contributed by atoms with Crippen LogP contribution in [-0.2, 0) is 11.3 Å². The van der Waals surface area contributed by atoms with Crippen LogP contribution in [0.1, 0.15) is 19.4 Å². The summed E-state index contributed by atoms with van der Waals surface area (Å²) in [5.74, 6) is -0.190. The highest BCUT2D eigenvalue weighted by Crippen LogP contribution is 2.22. The van der Waals surface area contributed by atoms with Crippen LogP contribution >= 0.6 is 11.6 Å². The zero-order chi connectivity index (χ0) is 20.1. The number of amides is 1. The number of hydrogen-bond acceptors (Lipinski definition) is 4. The summed E-state index contributed by atoms with van der Waals surface area (Å²) in [7, 11) is 0. The average Bonchev–Trinajstić information content (AvgIpc) is 2.59. The molecular formula is C18H18ClF3N2O3. The molecule has 0 fully saturated rings. The molecule has 1 amide bonds. The van der Waals surface area contributed by atoms with E-state index in [-0.39, 0.29) is 12.4 Å². The first kappa shape index (κ1) is 20.8. The summed E-state index contributed by atoms with van der Waals surface area (Å²) in [5.41, 5.74) is -0.902. The fraction of sp³-hybridized carbons (Fsp3) is 0.333. The van der Waals surface area contributed by atoms with E-state index in [1.165, 1.54) is 18.3 Å². The molecule has 0 aliphatic heterocycles. The molecule has 0 radical (unpaired) electrons. The largest absolute Gasteiger partial charge is 0.478 e. The van der Waals surface area contributed by atoms with Gasteiger partial charge in [-0.05, 0) is 44.2 Å². The second-order valence-electron chi connectivity index (χ2n) is 6.12. The number of nitrogens with one attached hydrogen (secondary N) is 1. The first-order chi connectivity index (χ1) is 12.6. The van der Waals surface area contributed by atoms with Crippen molar-refractivity contribution in [1.29, 1.82) is 0 Å². The van der Waals surface area contributed by atoms with Crippen molar-refractivity contribution >= 4 is 17.5 Å². The van der Waals surface area contributed by atoms with Crippen LogP contribution in [0.4, 0.5) is 13.2 Å². The summed E-state index contributed by atoms with van der Waals surface area (Å²) in [6.07, 6.45) is -3.17. The Morgan fingerprint density at radius 3 is 2.48 bits per heavy atom. The molecule has 1 N–H and O–H groups in total. The van der Waals surface area contributed by atoms with Crippen LogP contribution in [0.15, 0.2) is 42.6 Å². The number of nitrogens with zero attached hydrogens (tertiary/aromatic N) is 1. The summed E-state index contributed by atoms with van der Waals surface area (Å²) < 4.78 is 47.3. The molecule has 5 nitrogen and oxygen atoms in total. The smallest absolute Gasteiger partial charge is 0.422 e. The number of hydrogen-bond donors (Lipinski definition) is 1. The predicted molar refractivity (Wildman–Crippen MR) is 93.8 cm³/mol. The van der Waals surface area contributed by atoms with Gasteiger partial charge in [-0.1, -0.05) is 17.7 Å². The zero-order valence-corrected chi connectivity index (χ0v) is 15.4. The number of alkyl halides is 3. The van der Waals surface area contributed by atoms with Crippen molar-refractivity contribution in [3.63, 3.8) is 0 Å². The monoisotopic (exact) mass is 402 g/mol. The van der Waals surface area contributed by atoms with E-state index in [1.54, 1.807) is 38.1 Å². The standard InChI is InChI=1S/C18H18ClF3N2O3/c1-17(2,27-14-7-5-13(19)6-8-14)16(25)24-10-12-4-3-9-23-15(12)26-11-18(20,21)22/h3-9H,10-11H2,1-2H3,(H,24,25). The first-order valence-electron chi connectivity index (χ1n) is 7.93. The Labute approximate surface area is 159 Å². The third-order valence-electron chi connectivity index (χ3n) is 3.40. The molecule has 27 heavy (non-hydrogen) atoms. The molecule has 0 aliphatic rings. The maximum atomic E-state index is 12.4. The summed E-state index contributed by atoms with van der Waals surface area (Å²) in [5, 5.41) is 3.15. The average molecular weight is 403 g/mol. The molecule has 0 bridgehead atoms. The predicted octanol–water partition coefficient (Wildman–Crippen LogP) is 4.15. The van der Waals surface area contributed by atoms with Gasteiger partial charge in [0.1, 0.15) is 5.75 Å². The van der Waals surface area contributed by atoms with Crippen LogP contribution in [0.3, 0.4) is 0 Å². The van der Waals surface area contributed by atoms with Gasteiger partial charge in [0.15, 0.2) is 12.2 Å². The quantitative estimate of drug-likeness (QED) is 0.755. The van der Waals surface area contributed by atoms with E-state index in [0.29, 0.717) is 16.3 Å². The number of aromatic nitrogens is 1. The molecule has 0 saturated carbocycles. The molecular weight excluding hydrogens is 385 g/mol. The lowest BCUT2D eigenvalue weighted by atomic mass is 10.1. The minimum atomic E-state index is -4.48. The van der Waals surface area contributed by atoms with Crippen molar-refractivity contribution in [2.45, 2.75) is 32.2 Å². The molecule has 2 aromatic rings. The van der Waals surface area contributed by atoms with Crippen LogP contribution in [0.5, 0.6) is 11.6 Å². The Morgan fingerprint density at radius 1 is 1.19 bits per heavy atom. The van der Waals surface area contributed by atoms with Crippen LogP contribution in [-0.4, -0.2) is 29.3 Å². The molecule has 146 valence electrons. The fourth-order valence-corrected chi connectivity index (χ4v) is 2.20. The van der Waals surface area contributed by atoms with E-state index in [0.717, 1.165) is 0 Å². The van der Waals surface area contributed by atoms with Gasteiger partial charge >= 0.3 is 6.18 Å². The third kappa shape index (κ3) is 6.63. The molecule has 0 unspecified atom stereocenters.